The lowest BCUT2D eigenvalue weighted by atomic mass is 10.2. The van der Waals surface area contributed by atoms with Crippen LogP contribution in [-0.2, 0) is 0 Å². The summed E-state index contributed by atoms with van der Waals surface area (Å²) in [4.78, 5) is 10.2. The zero-order valence-corrected chi connectivity index (χ0v) is 10.5. The van der Waals surface area contributed by atoms with Crippen molar-refractivity contribution >= 4 is 30.1 Å². The summed E-state index contributed by atoms with van der Waals surface area (Å²) in [5.74, 6) is 0.478. The minimum Gasteiger partial charge on any atom is -0.378 e. The summed E-state index contributed by atoms with van der Waals surface area (Å²) in [6.07, 6.45) is 1.74. The molecule has 1 aromatic carbocycles. The predicted octanol–water partition coefficient (Wildman–Crippen LogP) is 2.28. The van der Waals surface area contributed by atoms with Gasteiger partial charge in [0.1, 0.15) is 0 Å². The van der Waals surface area contributed by atoms with Crippen LogP contribution < -0.4 is 4.90 Å². The predicted molar refractivity (Wildman–Crippen MR) is 71.8 cm³/mol. The van der Waals surface area contributed by atoms with E-state index in [2.05, 4.69) is 20.2 Å². The van der Waals surface area contributed by atoms with E-state index in [1.54, 1.807) is 6.21 Å². The molecule has 0 amide bonds. The Morgan fingerprint density at radius 1 is 1.24 bits per heavy atom. The lowest BCUT2D eigenvalue weighted by molar-refractivity contribution is 1.07. The number of hydrogen-bond donors (Lipinski definition) is 2. The number of nitrogens with zero attached hydrogens (tertiary/aromatic N) is 3. The first-order valence-corrected chi connectivity index (χ1v) is 5.52. The highest BCUT2D eigenvalue weighted by atomic mass is 32.1. The molecule has 0 aliphatic rings. The number of benzene rings is 1. The van der Waals surface area contributed by atoms with Crippen LogP contribution in [0.3, 0.4) is 0 Å². The molecule has 0 aliphatic carbocycles. The number of nitrogens with one attached hydrogen (secondary N) is 2. The zero-order valence-electron chi connectivity index (χ0n) is 9.64. The third kappa shape index (κ3) is 3.01. The van der Waals surface area contributed by atoms with E-state index in [0.29, 0.717) is 10.7 Å². The topological polar surface area (TPSA) is 60.1 Å². The second-order valence-corrected chi connectivity index (χ2v) is 4.12. The van der Waals surface area contributed by atoms with Crippen LogP contribution in [0.1, 0.15) is 5.56 Å². The highest BCUT2D eigenvalue weighted by Crippen LogP contribution is 2.11. The third-order valence-corrected chi connectivity index (χ3v) is 2.43. The van der Waals surface area contributed by atoms with E-state index < -0.39 is 0 Å². The maximum atomic E-state index is 4.83. The first-order chi connectivity index (χ1) is 8.15. The number of H-pyrrole nitrogens is 2. The van der Waals surface area contributed by atoms with Gasteiger partial charge >= 0.3 is 0 Å². The Labute approximate surface area is 104 Å². The van der Waals surface area contributed by atoms with Crippen LogP contribution in [-0.4, -0.2) is 35.5 Å². The number of anilines is 1. The Bertz CT molecular complexity index is 564. The molecule has 2 N–H and O–H groups in total. The van der Waals surface area contributed by atoms with Gasteiger partial charge in [0, 0.05) is 26.0 Å². The van der Waals surface area contributed by atoms with Crippen molar-refractivity contribution in [3.8, 4) is 0 Å². The van der Waals surface area contributed by atoms with E-state index in [4.69, 9.17) is 12.2 Å². The van der Waals surface area contributed by atoms with E-state index in [-0.39, 0.29) is 0 Å². The molecule has 17 heavy (non-hydrogen) atoms. The van der Waals surface area contributed by atoms with Crippen molar-refractivity contribution in [2.24, 2.45) is 4.99 Å². The molecule has 88 valence electrons. The van der Waals surface area contributed by atoms with Crippen molar-refractivity contribution in [3.05, 3.63) is 34.6 Å². The smallest absolute Gasteiger partial charge is 0.244 e. The van der Waals surface area contributed by atoms with Gasteiger partial charge in [0.15, 0.2) is 0 Å². The molecule has 6 heteroatoms. The molecule has 0 spiro atoms. The van der Waals surface area contributed by atoms with Crippen molar-refractivity contribution in [2.45, 2.75) is 0 Å². The van der Waals surface area contributed by atoms with Gasteiger partial charge in [0.05, 0.1) is 0 Å². The summed E-state index contributed by atoms with van der Waals surface area (Å²) >= 11 is 4.83. The van der Waals surface area contributed by atoms with E-state index in [9.17, 15) is 0 Å². The fraction of sp³-hybridized carbons (Fsp3) is 0.182. The molecule has 0 radical (unpaired) electrons. The Balaban J connectivity index is 2.13. The molecule has 0 saturated heterocycles. The summed E-state index contributed by atoms with van der Waals surface area (Å²) in [6, 6.07) is 8.07. The van der Waals surface area contributed by atoms with Gasteiger partial charge in [-0.1, -0.05) is 12.1 Å². The average molecular weight is 247 g/mol. The van der Waals surface area contributed by atoms with Gasteiger partial charge in [-0.3, -0.25) is 10.2 Å². The molecule has 0 unspecified atom stereocenters. The number of hydrogen-bond acceptors (Lipinski definition) is 4. The molecule has 1 heterocycles. The number of aliphatic imine (C=N–C) groups is 1. The highest BCUT2D eigenvalue weighted by molar-refractivity contribution is 7.71. The van der Waals surface area contributed by atoms with Gasteiger partial charge < -0.3 is 4.90 Å². The SMILES string of the molecule is CN(C)c1ccc(/C=N/c2nc(=S)[nH][nH]2)cc1. The molecule has 5 nitrogen and oxygen atoms in total. The minimum absolute atomic E-state index is 0.403. The first-order valence-electron chi connectivity index (χ1n) is 5.11. The summed E-state index contributed by atoms with van der Waals surface area (Å²) in [5.41, 5.74) is 2.17. The van der Waals surface area contributed by atoms with Crippen molar-refractivity contribution in [2.75, 3.05) is 19.0 Å². The Morgan fingerprint density at radius 3 is 2.47 bits per heavy atom. The van der Waals surface area contributed by atoms with Crippen LogP contribution in [0.15, 0.2) is 29.3 Å². The molecule has 0 aliphatic heterocycles. The van der Waals surface area contributed by atoms with E-state index in [1.807, 2.05) is 43.3 Å². The fourth-order valence-electron chi connectivity index (χ4n) is 1.32. The first kappa shape index (κ1) is 11.5. The molecular weight excluding hydrogens is 234 g/mol. The van der Waals surface area contributed by atoms with Gasteiger partial charge in [-0.25, -0.2) is 4.99 Å². The fourth-order valence-corrected chi connectivity index (χ4v) is 1.45. The van der Waals surface area contributed by atoms with E-state index in [0.717, 1.165) is 11.3 Å². The molecule has 2 rings (SSSR count). The summed E-state index contributed by atoms with van der Waals surface area (Å²) in [5, 5.41) is 5.45. The largest absolute Gasteiger partial charge is 0.378 e. The van der Waals surface area contributed by atoms with Gasteiger partial charge in [-0.05, 0) is 29.9 Å². The molecule has 1 aromatic heterocycles. The quantitative estimate of drug-likeness (QED) is 0.646. The van der Waals surface area contributed by atoms with Crippen molar-refractivity contribution < 1.29 is 0 Å². The maximum Gasteiger partial charge on any atom is 0.244 e. The molecule has 0 bridgehead atoms. The molecular formula is C11H13N5S. The second-order valence-electron chi connectivity index (χ2n) is 3.73. The molecule has 0 atom stereocenters. The Kier molecular flexibility index (Phi) is 3.34. The number of aromatic amines is 2. The second kappa shape index (κ2) is 4.92. The van der Waals surface area contributed by atoms with E-state index in [1.165, 1.54) is 0 Å². The van der Waals surface area contributed by atoms with Crippen molar-refractivity contribution in [3.63, 3.8) is 0 Å². The Morgan fingerprint density at radius 2 is 1.94 bits per heavy atom. The van der Waals surface area contributed by atoms with Crippen molar-refractivity contribution in [1.29, 1.82) is 0 Å². The van der Waals surface area contributed by atoms with Crippen molar-refractivity contribution in [1.82, 2.24) is 15.2 Å². The van der Waals surface area contributed by atoms with Crippen LogP contribution >= 0.6 is 12.2 Å². The molecule has 2 aromatic rings. The van der Waals surface area contributed by atoms with Crippen LogP contribution in [0.25, 0.3) is 0 Å². The third-order valence-electron chi connectivity index (χ3n) is 2.23. The average Bonchev–Trinajstić information content (AvgIpc) is 2.73. The van der Waals surface area contributed by atoms with Crippen LogP contribution in [0.5, 0.6) is 0 Å². The maximum absolute atomic E-state index is 4.83. The lowest BCUT2D eigenvalue weighted by Crippen LogP contribution is -2.08. The number of aromatic nitrogens is 3. The van der Waals surface area contributed by atoms with Gasteiger partial charge in [0.25, 0.3) is 0 Å². The lowest BCUT2D eigenvalue weighted by Gasteiger charge is -2.11. The summed E-state index contributed by atoms with van der Waals surface area (Å²) in [7, 11) is 4.01. The monoisotopic (exact) mass is 247 g/mol. The molecule has 0 saturated carbocycles. The van der Waals surface area contributed by atoms with Gasteiger partial charge in [0.2, 0.25) is 10.7 Å². The van der Waals surface area contributed by atoms with Gasteiger partial charge in [-0.2, -0.15) is 4.98 Å². The Hall–Kier alpha value is -1.95. The van der Waals surface area contributed by atoms with E-state index >= 15 is 0 Å². The molecule has 0 fully saturated rings. The normalized spacial score (nSPS) is 10.9. The van der Waals surface area contributed by atoms with Gasteiger partial charge in [-0.15, -0.1) is 0 Å². The highest BCUT2D eigenvalue weighted by Gasteiger charge is 1.95. The van der Waals surface area contributed by atoms with Crippen LogP contribution in [0.2, 0.25) is 0 Å². The summed E-state index contributed by atoms with van der Waals surface area (Å²) < 4.78 is 0.403. The van der Waals surface area contributed by atoms with Crippen LogP contribution in [0.4, 0.5) is 11.6 Å². The zero-order chi connectivity index (χ0) is 12.3. The standard InChI is InChI=1S/C11H13N5S/c1-16(2)9-5-3-8(4-6-9)7-12-10-13-11(17)15-14-10/h3-7H,1-2H3,(H2,13,14,15,17)/b12-7+. The summed E-state index contributed by atoms with van der Waals surface area (Å²) in [6.45, 7) is 0. The van der Waals surface area contributed by atoms with Crippen LogP contribution in [0, 0.1) is 4.77 Å². The minimum atomic E-state index is 0.403. The number of rotatable bonds is 3.